The first kappa shape index (κ1) is 11.3. The first-order valence-electron chi connectivity index (χ1n) is 4.35. The largest absolute Gasteiger partial charge is 0.506 e. The Morgan fingerprint density at radius 3 is 2.57 bits per heavy atom. The molecule has 0 aliphatic carbocycles. The number of phenolic OH excluding ortho intramolecular Hbond substituents is 1. The summed E-state index contributed by atoms with van der Waals surface area (Å²) in [6.45, 7) is 3.70. The number of rotatable bonds is 2. The third-order valence-electron chi connectivity index (χ3n) is 2.29. The van der Waals surface area contributed by atoms with E-state index in [1.165, 1.54) is 6.07 Å². The maximum absolute atomic E-state index is 9.64. The van der Waals surface area contributed by atoms with Gasteiger partial charge in [0.25, 0.3) is 0 Å². The van der Waals surface area contributed by atoms with Crippen LogP contribution in [0.5, 0.6) is 5.75 Å². The molecule has 78 valence electrons. The number of aliphatic hydroxyl groups is 1. The maximum atomic E-state index is 9.64. The van der Waals surface area contributed by atoms with Gasteiger partial charge in [0.05, 0.1) is 11.1 Å². The van der Waals surface area contributed by atoms with E-state index in [1.807, 2.05) is 0 Å². The molecule has 1 atom stereocenters. The van der Waals surface area contributed by atoms with Gasteiger partial charge in [0, 0.05) is 6.54 Å². The van der Waals surface area contributed by atoms with Gasteiger partial charge in [0.2, 0.25) is 0 Å². The Labute approximate surface area is 88.1 Å². The molecule has 0 heterocycles. The summed E-state index contributed by atoms with van der Waals surface area (Å²) in [7, 11) is 0. The van der Waals surface area contributed by atoms with E-state index in [1.54, 1.807) is 13.8 Å². The summed E-state index contributed by atoms with van der Waals surface area (Å²) in [5, 5.41) is 19.3. The lowest BCUT2D eigenvalue weighted by atomic mass is 9.97. The summed E-state index contributed by atoms with van der Waals surface area (Å²) in [6.07, 6.45) is -0.729. The molecule has 0 aliphatic rings. The second-order valence-electron chi connectivity index (χ2n) is 3.32. The minimum absolute atomic E-state index is 0.0367. The van der Waals surface area contributed by atoms with Gasteiger partial charge in [-0.3, -0.25) is 0 Å². The van der Waals surface area contributed by atoms with Gasteiger partial charge in [-0.15, -0.1) is 0 Å². The molecule has 4 N–H and O–H groups in total. The summed E-state index contributed by atoms with van der Waals surface area (Å²) >= 11 is 5.85. The zero-order chi connectivity index (χ0) is 10.9. The number of aryl methyl sites for hydroxylation is 1. The van der Waals surface area contributed by atoms with E-state index in [4.69, 9.17) is 17.3 Å². The lowest BCUT2D eigenvalue weighted by molar-refractivity contribution is 0.185. The van der Waals surface area contributed by atoms with Crippen LogP contribution in [0.4, 0.5) is 0 Å². The smallest absolute Gasteiger partial charge is 0.134 e. The van der Waals surface area contributed by atoms with Gasteiger partial charge < -0.3 is 15.9 Å². The molecule has 0 spiro atoms. The molecule has 14 heavy (non-hydrogen) atoms. The van der Waals surface area contributed by atoms with Crippen molar-refractivity contribution in [3.05, 3.63) is 27.8 Å². The fourth-order valence-corrected chi connectivity index (χ4v) is 1.74. The van der Waals surface area contributed by atoms with E-state index in [9.17, 15) is 10.2 Å². The van der Waals surface area contributed by atoms with Crippen molar-refractivity contribution in [2.75, 3.05) is 6.54 Å². The number of nitrogens with two attached hydrogens (primary N) is 1. The lowest BCUT2D eigenvalue weighted by Gasteiger charge is -2.16. The predicted octanol–water partition coefficient (Wildman–Crippen LogP) is 1.65. The van der Waals surface area contributed by atoms with Gasteiger partial charge in [-0.25, -0.2) is 0 Å². The van der Waals surface area contributed by atoms with Crippen molar-refractivity contribution < 1.29 is 10.2 Å². The van der Waals surface area contributed by atoms with E-state index in [0.29, 0.717) is 11.1 Å². The Kier molecular flexibility index (Phi) is 3.37. The highest BCUT2D eigenvalue weighted by atomic mass is 35.5. The molecular weight excluding hydrogens is 202 g/mol. The molecule has 0 saturated heterocycles. The molecule has 0 fully saturated rings. The Bertz CT molecular complexity index is 352. The van der Waals surface area contributed by atoms with Gasteiger partial charge in [0.15, 0.2) is 0 Å². The number of benzene rings is 1. The number of phenols is 1. The van der Waals surface area contributed by atoms with Crippen molar-refractivity contribution >= 4 is 11.6 Å². The lowest BCUT2D eigenvalue weighted by Crippen LogP contribution is -2.14. The zero-order valence-electron chi connectivity index (χ0n) is 8.21. The molecule has 3 nitrogen and oxygen atoms in total. The fraction of sp³-hybridized carbons (Fsp3) is 0.400. The normalized spacial score (nSPS) is 12.9. The average molecular weight is 216 g/mol. The van der Waals surface area contributed by atoms with Crippen molar-refractivity contribution in [1.82, 2.24) is 0 Å². The average Bonchev–Trinajstić information content (AvgIpc) is 2.14. The van der Waals surface area contributed by atoms with Crippen molar-refractivity contribution in [3.63, 3.8) is 0 Å². The Morgan fingerprint density at radius 1 is 1.50 bits per heavy atom. The Morgan fingerprint density at radius 2 is 2.07 bits per heavy atom. The highest BCUT2D eigenvalue weighted by Gasteiger charge is 2.16. The van der Waals surface area contributed by atoms with Crippen LogP contribution in [-0.4, -0.2) is 16.8 Å². The molecule has 1 rings (SSSR count). The van der Waals surface area contributed by atoms with E-state index in [0.717, 1.165) is 5.56 Å². The summed E-state index contributed by atoms with van der Waals surface area (Å²) in [4.78, 5) is 0. The molecule has 0 radical (unpaired) electrons. The second kappa shape index (κ2) is 4.17. The summed E-state index contributed by atoms with van der Waals surface area (Å²) in [5.74, 6) is 0.0367. The van der Waals surface area contributed by atoms with Gasteiger partial charge >= 0.3 is 0 Å². The minimum Gasteiger partial charge on any atom is -0.506 e. The second-order valence-corrected chi connectivity index (χ2v) is 3.69. The third-order valence-corrected chi connectivity index (χ3v) is 2.77. The van der Waals surface area contributed by atoms with Crippen LogP contribution in [0.1, 0.15) is 22.8 Å². The van der Waals surface area contributed by atoms with Crippen LogP contribution < -0.4 is 5.73 Å². The molecule has 0 amide bonds. The van der Waals surface area contributed by atoms with Gasteiger partial charge in [-0.1, -0.05) is 11.6 Å². The van der Waals surface area contributed by atoms with Crippen LogP contribution in [0, 0.1) is 13.8 Å². The van der Waals surface area contributed by atoms with Crippen molar-refractivity contribution in [2.24, 2.45) is 5.73 Å². The van der Waals surface area contributed by atoms with E-state index < -0.39 is 6.10 Å². The van der Waals surface area contributed by atoms with Gasteiger partial charge in [0.1, 0.15) is 5.75 Å². The van der Waals surface area contributed by atoms with Crippen molar-refractivity contribution in [1.29, 1.82) is 0 Å². The van der Waals surface area contributed by atoms with Crippen molar-refractivity contribution in [3.8, 4) is 5.75 Å². The maximum Gasteiger partial charge on any atom is 0.134 e. The first-order chi connectivity index (χ1) is 6.49. The molecule has 1 unspecified atom stereocenters. The quantitative estimate of drug-likeness (QED) is 0.703. The molecule has 0 bridgehead atoms. The molecule has 1 aromatic carbocycles. The molecule has 0 saturated carbocycles. The van der Waals surface area contributed by atoms with E-state index in [2.05, 4.69) is 0 Å². The van der Waals surface area contributed by atoms with Crippen LogP contribution in [-0.2, 0) is 0 Å². The molecule has 1 aromatic rings. The van der Waals surface area contributed by atoms with Crippen LogP contribution in [0.3, 0.4) is 0 Å². The van der Waals surface area contributed by atoms with Crippen molar-refractivity contribution in [2.45, 2.75) is 20.0 Å². The Hall–Kier alpha value is -0.770. The van der Waals surface area contributed by atoms with Crippen LogP contribution in [0.2, 0.25) is 5.02 Å². The Balaban J connectivity index is 3.36. The third kappa shape index (κ3) is 1.85. The van der Waals surface area contributed by atoms with E-state index >= 15 is 0 Å². The van der Waals surface area contributed by atoms with Gasteiger partial charge in [-0.05, 0) is 36.6 Å². The van der Waals surface area contributed by atoms with Crippen LogP contribution in [0.25, 0.3) is 0 Å². The van der Waals surface area contributed by atoms with E-state index in [-0.39, 0.29) is 17.3 Å². The minimum atomic E-state index is -0.729. The van der Waals surface area contributed by atoms with Gasteiger partial charge in [-0.2, -0.15) is 0 Å². The summed E-state index contributed by atoms with van der Waals surface area (Å²) in [5.41, 5.74) is 7.55. The number of hydrogen-bond acceptors (Lipinski definition) is 3. The SMILES string of the molecule is Cc1cc(O)c(Cl)c(C)c1C(O)CN. The number of hydrogen-bond donors (Lipinski definition) is 3. The predicted molar refractivity (Wildman–Crippen MR) is 56.6 cm³/mol. The molecular formula is C10H14ClNO2. The summed E-state index contributed by atoms with van der Waals surface area (Å²) < 4.78 is 0. The number of aliphatic hydroxyl groups excluding tert-OH is 1. The highest BCUT2D eigenvalue weighted by molar-refractivity contribution is 6.32. The topological polar surface area (TPSA) is 66.5 Å². The number of halogens is 1. The highest BCUT2D eigenvalue weighted by Crippen LogP contribution is 2.34. The van der Waals surface area contributed by atoms with Crippen LogP contribution >= 0.6 is 11.6 Å². The molecule has 0 aromatic heterocycles. The number of aromatic hydroxyl groups is 1. The molecule has 0 aliphatic heterocycles. The fourth-order valence-electron chi connectivity index (χ4n) is 1.58. The molecule has 4 heteroatoms. The standard InChI is InChI=1S/C10H14ClNO2/c1-5-3-7(13)10(11)6(2)9(5)8(14)4-12/h3,8,13-14H,4,12H2,1-2H3. The zero-order valence-corrected chi connectivity index (χ0v) is 8.97. The first-order valence-corrected chi connectivity index (χ1v) is 4.73. The van der Waals surface area contributed by atoms with Crippen LogP contribution in [0.15, 0.2) is 6.07 Å². The monoisotopic (exact) mass is 215 g/mol. The summed E-state index contributed by atoms with van der Waals surface area (Å²) in [6, 6.07) is 1.53.